The monoisotopic (exact) mass is 294 g/mol. The molecule has 2 aromatic carbocycles. The summed E-state index contributed by atoms with van der Waals surface area (Å²) in [5, 5.41) is 15.3. The SMILES string of the molecule is c1cc2cc(N=Nc3ccc4sccc4c3)ccc2s1. The van der Waals surface area contributed by atoms with Crippen molar-refractivity contribution in [2.75, 3.05) is 0 Å². The molecule has 4 heteroatoms. The van der Waals surface area contributed by atoms with Crippen molar-refractivity contribution in [1.82, 2.24) is 0 Å². The molecule has 0 aliphatic heterocycles. The van der Waals surface area contributed by atoms with Crippen molar-refractivity contribution in [3.8, 4) is 0 Å². The van der Waals surface area contributed by atoms with Gasteiger partial charge in [0.25, 0.3) is 0 Å². The Kier molecular flexibility index (Phi) is 2.83. The molecule has 0 fully saturated rings. The number of hydrogen-bond donors (Lipinski definition) is 0. The highest BCUT2D eigenvalue weighted by Gasteiger charge is 1.98. The number of rotatable bonds is 2. The van der Waals surface area contributed by atoms with Crippen LogP contribution in [0, 0.1) is 0 Å². The number of thiophene rings is 2. The third-order valence-corrected chi connectivity index (χ3v) is 4.95. The average molecular weight is 294 g/mol. The van der Waals surface area contributed by atoms with Gasteiger partial charge in [-0.2, -0.15) is 10.2 Å². The van der Waals surface area contributed by atoms with Gasteiger partial charge in [-0.25, -0.2) is 0 Å². The minimum Gasteiger partial charge on any atom is -0.151 e. The molecule has 0 radical (unpaired) electrons. The Hall–Kier alpha value is -2.04. The van der Waals surface area contributed by atoms with Crippen LogP contribution < -0.4 is 0 Å². The van der Waals surface area contributed by atoms with Crippen LogP contribution in [0.1, 0.15) is 0 Å². The zero-order chi connectivity index (χ0) is 13.4. The summed E-state index contributed by atoms with van der Waals surface area (Å²) in [4.78, 5) is 0. The molecular formula is C16H10N2S2. The minimum atomic E-state index is 0.890. The molecule has 0 amide bonds. The van der Waals surface area contributed by atoms with Crippen LogP contribution in [0.2, 0.25) is 0 Å². The molecule has 0 saturated carbocycles. The van der Waals surface area contributed by atoms with E-state index in [1.807, 2.05) is 12.1 Å². The van der Waals surface area contributed by atoms with Gasteiger partial charge in [0.15, 0.2) is 0 Å². The van der Waals surface area contributed by atoms with Crippen LogP contribution in [-0.4, -0.2) is 0 Å². The lowest BCUT2D eigenvalue weighted by Gasteiger charge is -1.95. The Morgan fingerprint density at radius 2 is 1.10 bits per heavy atom. The van der Waals surface area contributed by atoms with Gasteiger partial charge in [-0.05, 0) is 70.1 Å². The first-order chi connectivity index (χ1) is 9.88. The van der Waals surface area contributed by atoms with Gasteiger partial charge in [0.2, 0.25) is 0 Å². The van der Waals surface area contributed by atoms with Gasteiger partial charge in [-0.15, -0.1) is 22.7 Å². The molecule has 0 saturated heterocycles. The lowest BCUT2D eigenvalue weighted by atomic mass is 10.2. The Morgan fingerprint density at radius 1 is 0.600 bits per heavy atom. The summed E-state index contributed by atoms with van der Waals surface area (Å²) >= 11 is 3.48. The van der Waals surface area contributed by atoms with E-state index in [1.165, 1.54) is 20.2 Å². The van der Waals surface area contributed by atoms with E-state index in [4.69, 9.17) is 0 Å². The van der Waals surface area contributed by atoms with Crippen LogP contribution in [0.5, 0.6) is 0 Å². The summed E-state index contributed by atoms with van der Waals surface area (Å²) in [6, 6.07) is 16.5. The third-order valence-electron chi connectivity index (χ3n) is 3.15. The molecule has 20 heavy (non-hydrogen) atoms. The van der Waals surface area contributed by atoms with Crippen molar-refractivity contribution in [2.45, 2.75) is 0 Å². The first-order valence-corrected chi connectivity index (χ1v) is 8.01. The van der Waals surface area contributed by atoms with E-state index in [2.05, 4.69) is 57.4 Å². The first kappa shape index (κ1) is 11.8. The van der Waals surface area contributed by atoms with Crippen molar-refractivity contribution in [2.24, 2.45) is 10.2 Å². The zero-order valence-electron chi connectivity index (χ0n) is 10.5. The smallest absolute Gasteiger partial charge is 0.0864 e. The van der Waals surface area contributed by atoms with Gasteiger partial charge >= 0.3 is 0 Å². The van der Waals surface area contributed by atoms with E-state index in [-0.39, 0.29) is 0 Å². The molecule has 0 unspecified atom stereocenters. The van der Waals surface area contributed by atoms with E-state index in [1.54, 1.807) is 22.7 Å². The standard InChI is InChI=1S/C16H10N2S2/c1-3-15-11(5-7-19-15)9-13(1)17-18-14-2-4-16-12(10-14)6-8-20-16/h1-10H. The minimum absolute atomic E-state index is 0.890. The lowest BCUT2D eigenvalue weighted by molar-refractivity contribution is 1.24. The maximum absolute atomic E-state index is 4.33. The fraction of sp³-hybridized carbons (Fsp3) is 0. The molecule has 4 rings (SSSR count). The lowest BCUT2D eigenvalue weighted by Crippen LogP contribution is -1.66. The van der Waals surface area contributed by atoms with Crippen molar-refractivity contribution < 1.29 is 0 Å². The predicted molar refractivity (Wildman–Crippen MR) is 87.8 cm³/mol. The molecule has 0 bridgehead atoms. The molecule has 0 atom stereocenters. The van der Waals surface area contributed by atoms with Gasteiger partial charge in [0.1, 0.15) is 0 Å². The van der Waals surface area contributed by atoms with Gasteiger partial charge in [0, 0.05) is 9.40 Å². The molecule has 0 aliphatic carbocycles. The first-order valence-electron chi connectivity index (χ1n) is 6.25. The zero-order valence-corrected chi connectivity index (χ0v) is 12.1. The number of hydrogen-bond acceptors (Lipinski definition) is 4. The Bertz CT molecular complexity index is 842. The second-order valence-electron chi connectivity index (χ2n) is 4.49. The average Bonchev–Trinajstić information content (AvgIpc) is 3.12. The molecule has 96 valence electrons. The Balaban J connectivity index is 1.69. The van der Waals surface area contributed by atoms with Gasteiger partial charge in [0.05, 0.1) is 11.4 Å². The fourth-order valence-electron chi connectivity index (χ4n) is 2.15. The van der Waals surface area contributed by atoms with E-state index < -0.39 is 0 Å². The van der Waals surface area contributed by atoms with Crippen molar-refractivity contribution >= 4 is 54.2 Å². The van der Waals surface area contributed by atoms with E-state index in [0.717, 1.165) is 11.4 Å². The number of azo groups is 1. The van der Waals surface area contributed by atoms with Crippen LogP contribution in [0.25, 0.3) is 20.2 Å². The quantitative estimate of drug-likeness (QED) is 0.375. The summed E-state index contributed by atoms with van der Waals surface area (Å²) in [5.41, 5.74) is 1.78. The van der Waals surface area contributed by atoms with Gasteiger partial charge < -0.3 is 0 Å². The van der Waals surface area contributed by atoms with Crippen molar-refractivity contribution in [3.63, 3.8) is 0 Å². The van der Waals surface area contributed by atoms with Crippen LogP contribution in [0.4, 0.5) is 11.4 Å². The molecule has 2 aromatic heterocycles. The van der Waals surface area contributed by atoms with E-state index >= 15 is 0 Å². The number of benzene rings is 2. The number of fused-ring (bicyclic) bond motifs is 2. The largest absolute Gasteiger partial charge is 0.151 e. The Morgan fingerprint density at radius 3 is 1.60 bits per heavy atom. The highest BCUT2D eigenvalue weighted by molar-refractivity contribution is 7.17. The fourth-order valence-corrected chi connectivity index (χ4v) is 3.69. The topological polar surface area (TPSA) is 24.7 Å². The summed E-state index contributed by atoms with van der Waals surface area (Å²) in [7, 11) is 0. The third kappa shape index (κ3) is 2.13. The second-order valence-corrected chi connectivity index (χ2v) is 6.38. The van der Waals surface area contributed by atoms with E-state index in [9.17, 15) is 0 Å². The van der Waals surface area contributed by atoms with E-state index in [0.29, 0.717) is 0 Å². The van der Waals surface area contributed by atoms with Crippen molar-refractivity contribution in [3.05, 3.63) is 59.3 Å². The molecule has 2 heterocycles. The normalized spacial score (nSPS) is 11.8. The molecule has 2 nitrogen and oxygen atoms in total. The van der Waals surface area contributed by atoms with Gasteiger partial charge in [-0.1, -0.05) is 0 Å². The highest BCUT2D eigenvalue weighted by atomic mass is 32.1. The molecule has 0 aliphatic rings. The van der Waals surface area contributed by atoms with Crippen LogP contribution in [0.15, 0.2) is 69.5 Å². The van der Waals surface area contributed by atoms with Crippen molar-refractivity contribution in [1.29, 1.82) is 0 Å². The maximum Gasteiger partial charge on any atom is 0.0864 e. The Labute approximate surface area is 124 Å². The second kappa shape index (κ2) is 4.81. The predicted octanol–water partition coefficient (Wildman–Crippen LogP) is 6.53. The van der Waals surface area contributed by atoms with Crippen LogP contribution >= 0.6 is 22.7 Å². The van der Waals surface area contributed by atoms with Gasteiger partial charge in [-0.3, -0.25) is 0 Å². The van der Waals surface area contributed by atoms with Crippen LogP contribution in [-0.2, 0) is 0 Å². The number of nitrogens with zero attached hydrogens (tertiary/aromatic N) is 2. The highest BCUT2D eigenvalue weighted by Crippen LogP contribution is 2.29. The summed E-state index contributed by atoms with van der Waals surface area (Å²) in [5.74, 6) is 0. The summed E-state index contributed by atoms with van der Waals surface area (Å²) in [6.07, 6.45) is 0. The molecule has 4 aromatic rings. The molecule has 0 spiro atoms. The summed E-state index contributed by atoms with van der Waals surface area (Å²) < 4.78 is 2.56. The maximum atomic E-state index is 4.33. The summed E-state index contributed by atoms with van der Waals surface area (Å²) in [6.45, 7) is 0. The molecule has 0 N–H and O–H groups in total. The van der Waals surface area contributed by atoms with Crippen LogP contribution in [0.3, 0.4) is 0 Å². The molecular weight excluding hydrogens is 284 g/mol.